The van der Waals surface area contributed by atoms with E-state index < -0.39 is 0 Å². The predicted octanol–water partition coefficient (Wildman–Crippen LogP) is 1.53. The van der Waals surface area contributed by atoms with Gasteiger partial charge in [0.05, 0.1) is 5.69 Å². The van der Waals surface area contributed by atoms with Gasteiger partial charge in [-0.2, -0.15) is 0 Å². The van der Waals surface area contributed by atoms with E-state index in [1.807, 2.05) is 22.6 Å². The maximum absolute atomic E-state index is 13.8. The Balaban J connectivity index is 1.42. The van der Waals surface area contributed by atoms with Crippen molar-refractivity contribution < 1.29 is 9.18 Å². The molecule has 0 bridgehead atoms. The van der Waals surface area contributed by atoms with Crippen molar-refractivity contribution in [2.45, 2.75) is 19.3 Å². The number of aromatic nitrogens is 3. The number of nitrogens with zero attached hydrogens (tertiary/aromatic N) is 4. The fourth-order valence-electron chi connectivity index (χ4n) is 3.03. The van der Waals surface area contributed by atoms with Gasteiger partial charge in [0.2, 0.25) is 5.91 Å². The lowest BCUT2D eigenvalue weighted by Gasteiger charge is -2.19. The highest BCUT2D eigenvalue weighted by atomic mass is 19.1. The molecule has 24 heavy (non-hydrogen) atoms. The van der Waals surface area contributed by atoms with Crippen LogP contribution in [0.2, 0.25) is 0 Å². The van der Waals surface area contributed by atoms with Gasteiger partial charge in [-0.05, 0) is 24.5 Å². The smallest absolute Gasteiger partial charge is 0.220 e. The van der Waals surface area contributed by atoms with Crippen LogP contribution in [0.1, 0.15) is 18.7 Å². The van der Waals surface area contributed by atoms with Gasteiger partial charge >= 0.3 is 0 Å². The minimum absolute atomic E-state index is 0.0161. The Bertz CT molecular complexity index is 702. The molecule has 1 fully saturated rings. The van der Waals surface area contributed by atoms with Crippen LogP contribution in [0.25, 0.3) is 0 Å². The first-order valence-corrected chi connectivity index (χ1v) is 8.22. The highest BCUT2D eigenvalue weighted by molar-refractivity contribution is 5.76. The molecular formula is C17H22FN5O. The van der Waals surface area contributed by atoms with E-state index in [0.29, 0.717) is 31.0 Å². The molecule has 1 saturated heterocycles. The van der Waals surface area contributed by atoms with Crippen LogP contribution >= 0.6 is 0 Å². The van der Waals surface area contributed by atoms with Crippen LogP contribution in [0.5, 0.6) is 0 Å². The first-order valence-electron chi connectivity index (χ1n) is 8.22. The zero-order valence-electron chi connectivity index (χ0n) is 13.8. The number of aryl methyl sites for hydroxylation is 2. The van der Waals surface area contributed by atoms with Crippen LogP contribution in [0.3, 0.4) is 0 Å². The number of amides is 1. The minimum atomic E-state index is -0.189. The lowest BCUT2D eigenvalue weighted by atomic mass is 10.1. The largest absolute Gasteiger partial charge is 0.369 e. The summed E-state index contributed by atoms with van der Waals surface area (Å²) in [5, 5.41) is 10.7. The molecule has 1 atom stereocenters. The summed E-state index contributed by atoms with van der Waals surface area (Å²) < 4.78 is 15.6. The summed E-state index contributed by atoms with van der Waals surface area (Å²) in [7, 11) is 1.86. The molecule has 3 rings (SSSR count). The van der Waals surface area contributed by atoms with Gasteiger partial charge < -0.3 is 14.8 Å². The number of rotatable bonds is 6. The molecule has 0 aliphatic carbocycles. The number of hydrogen-bond acceptors (Lipinski definition) is 4. The van der Waals surface area contributed by atoms with E-state index in [1.165, 1.54) is 6.07 Å². The molecule has 1 N–H and O–H groups in total. The second-order valence-electron chi connectivity index (χ2n) is 6.21. The van der Waals surface area contributed by atoms with Crippen molar-refractivity contribution in [3.63, 3.8) is 0 Å². The number of hydrogen-bond donors (Lipinski definition) is 1. The van der Waals surface area contributed by atoms with Gasteiger partial charge in [-0.25, -0.2) is 4.39 Å². The third-order valence-electron chi connectivity index (χ3n) is 4.45. The third-order valence-corrected chi connectivity index (χ3v) is 4.45. The summed E-state index contributed by atoms with van der Waals surface area (Å²) in [6.07, 6.45) is 3.56. The quantitative estimate of drug-likeness (QED) is 0.872. The molecule has 128 valence electrons. The molecule has 1 amide bonds. The highest BCUT2D eigenvalue weighted by Gasteiger charge is 2.24. The minimum Gasteiger partial charge on any atom is -0.369 e. The molecule has 2 aromatic rings. The zero-order valence-corrected chi connectivity index (χ0v) is 13.8. The van der Waals surface area contributed by atoms with Crippen LogP contribution in [-0.4, -0.2) is 40.3 Å². The lowest BCUT2D eigenvalue weighted by molar-refractivity contribution is -0.121. The van der Waals surface area contributed by atoms with Gasteiger partial charge in [-0.1, -0.05) is 12.1 Å². The van der Waals surface area contributed by atoms with E-state index >= 15 is 0 Å². The Kier molecular flexibility index (Phi) is 5.08. The number of benzene rings is 1. The summed E-state index contributed by atoms with van der Waals surface area (Å²) in [5.74, 6) is 0.980. The standard InChI is InChI=1S/C17H22FN5O/c1-22-12-20-21-16(22)6-7-17(24)19-10-13-8-9-23(11-13)15-5-3-2-4-14(15)18/h2-5,12-13H,6-11H2,1H3,(H,19,24). The van der Waals surface area contributed by atoms with E-state index in [0.717, 1.165) is 25.3 Å². The summed E-state index contributed by atoms with van der Waals surface area (Å²) in [5.41, 5.74) is 0.647. The molecule has 0 saturated carbocycles. The lowest BCUT2D eigenvalue weighted by Crippen LogP contribution is -2.31. The number of nitrogens with one attached hydrogen (secondary N) is 1. The topological polar surface area (TPSA) is 63.1 Å². The Labute approximate surface area is 140 Å². The first-order chi connectivity index (χ1) is 11.6. The predicted molar refractivity (Wildman–Crippen MR) is 89.1 cm³/mol. The first kappa shape index (κ1) is 16.4. The van der Waals surface area contributed by atoms with E-state index in [-0.39, 0.29) is 11.7 Å². The number of halogens is 1. The summed E-state index contributed by atoms with van der Waals surface area (Å²) in [6.45, 7) is 2.22. The number of carbonyl (C=O) groups excluding carboxylic acids is 1. The van der Waals surface area contributed by atoms with E-state index in [9.17, 15) is 9.18 Å². The van der Waals surface area contributed by atoms with Crippen LogP contribution in [0.15, 0.2) is 30.6 Å². The second kappa shape index (κ2) is 7.42. The van der Waals surface area contributed by atoms with Gasteiger partial charge in [-0.3, -0.25) is 4.79 Å². The van der Waals surface area contributed by atoms with Crippen LogP contribution < -0.4 is 10.2 Å². The summed E-state index contributed by atoms with van der Waals surface area (Å²) >= 11 is 0. The molecule has 2 heterocycles. The molecule has 0 radical (unpaired) electrons. The number of carbonyl (C=O) groups is 1. The zero-order chi connectivity index (χ0) is 16.9. The maximum Gasteiger partial charge on any atom is 0.220 e. The van der Waals surface area contributed by atoms with Crippen molar-refractivity contribution >= 4 is 11.6 Å². The van der Waals surface area contributed by atoms with Gasteiger partial charge in [-0.15, -0.1) is 10.2 Å². The van der Waals surface area contributed by atoms with E-state index in [2.05, 4.69) is 15.5 Å². The average Bonchev–Trinajstić information content (AvgIpc) is 3.20. The molecule has 6 nitrogen and oxygen atoms in total. The molecule has 1 aliphatic heterocycles. The Morgan fingerprint density at radius 1 is 1.42 bits per heavy atom. The van der Waals surface area contributed by atoms with Crippen molar-refractivity contribution in [1.29, 1.82) is 0 Å². The normalized spacial score (nSPS) is 17.2. The van der Waals surface area contributed by atoms with Gasteiger partial charge in [0.15, 0.2) is 0 Å². The number of anilines is 1. The van der Waals surface area contributed by atoms with Crippen molar-refractivity contribution in [1.82, 2.24) is 20.1 Å². The molecule has 1 aliphatic rings. The Morgan fingerprint density at radius 2 is 2.25 bits per heavy atom. The third kappa shape index (κ3) is 3.90. The Hall–Kier alpha value is -2.44. The monoisotopic (exact) mass is 331 g/mol. The summed E-state index contributed by atoms with van der Waals surface area (Å²) in [4.78, 5) is 14.0. The van der Waals surface area contributed by atoms with Crippen LogP contribution in [-0.2, 0) is 18.3 Å². The van der Waals surface area contributed by atoms with Gasteiger partial charge in [0.25, 0.3) is 0 Å². The highest BCUT2D eigenvalue weighted by Crippen LogP contribution is 2.25. The van der Waals surface area contributed by atoms with Gasteiger partial charge in [0, 0.05) is 39.5 Å². The molecule has 1 aromatic heterocycles. The molecule has 1 aromatic carbocycles. The van der Waals surface area contributed by atoms with E-state index in [4.69, 9.17) is 0 Å². The van der Waals surface area contributed by atoms with Crippen molar-refractivity contribution in [2.75, 3.05) is 24.5 Å². The van der Waals surface area contributed by atoms with Crippen molar-refractivity contribution in [3.05, 3.63) is 42.2 Å². The SMILES string of the molecule is Cn1cnnc1CCC(=O)NCC1CCN(c2ccccc2F)C1. The fraction of sp³-hybridized carbons (Fsp3) is 0.471. The molecular weight excluding hydrogens is 309 g/mol. The fourth-order valence-corrected chi connectivity index (χ4v) is 3.03. The maximum atomic E-state index is 13.8. The van der Waals surface area contributed by atoms with Crippen molar-refractivity contribution in [2.24, 2.45) is 13.0 Å². The Morgan fingerprint density at radius 3 is 3.00 bits per heavy atom. The second-order valence-corrected chi connectivity index (χ2v) is 6.21. The number of para-hydroxylation sites is 1. The van der Waals surface area contributed by atoms with E-state index in [1.54, 1.807) is 18.5 Å². The summed E-state index contributed by atoms with van der Waals surface area (Å²) in [6, 6.07) is 6.83. The van der Waals surface area contributed by atoms with Crippen LogP contribution in [0.4, 0.5) is 10.1 Å². The molecule has 1 unspecified atom stereocenters. The van der Waals surface area contributed by atoms with Gasteiger partial charge in [0.1, 0.15) is 18.0 Å². The van der Waals surface area contributed by atoms with Crippen LogP contribution in [0, 0.1) is 11.7 Å². The van der Waals surface area contributed by atoms with Crippen molar-refractivity contribution in [3.8, 4) is 0 Å². The molecule has 7 heteroatoms. The average molecular weight is 331 g/mol. The molecule has 0 spiro atoms.